The van der Waals surface area contributed by atoms with E-state index in [9.17, 15) is 0 Å². The maximum Gasteiger partial charge on any atom is 0.189 e. The van der Waals surface area contributed by atoms with Crippen molar-refractivity contribution in [3.8, 4) is 0 Å². The topological polar surface area (TPSA) is 0 Å². The van der Waals surface area contributed by atoms with Gasteiger partial charge in [-0.05, 0) is 11.6 Å². The van der Waals surface area contributed by atoms with Crippen LogP contribution >= 0.6 is 128 Å². The molecule has 0 unspecified atom stereocenters. The number of hydrogen-bond donors (Lipinski definition) is 0. The van der Waals surface area contributed by atoms with Crippen LogP contribution in [0.3, 0.4) is 0 Å². The number of hydrogen-bond acceptors (Lipinski definition) is 0. The molecule has 0 spiro atoms. The first-order valence-electron chi connectivity index (χ1n) is 5.66. The molecule has 0 bridgehead atoms. The van der Waals surface area contributed by atoms with Gasteiger partial charge in [-0.2, -0.15) is 0 Å². The van der Waals surface area contributed by atoms with E-state index in [1.54, 1.807) is 12.1 Å². The summed E-state index contributed by atoms with van der Waals surface area (Å²) in [6, 6.07) is 9.09. The molecule has 0 aliphatic heterocycles. The molecule has 0 aromatic heterocycles. The fraction of sp³-hybridized carbons (Fsp3) is 0.500. The van der Waals surface area contributed by atoms with Crippen LogP contribution < -0.4 is 0 Å². The smallest absolute Gasteiger partial charge is 0.107 e. The van der Waals surface area contributed by atoms with E-state index in [4.69, 9.17) is 128 Å². The molecule has 0 atom stereocenters. The first kappa shape index (κ1) is 21.7. The fourth-order valence-corrected chi connectivity index (χ4v) is 6.78. The first-order valence-corrected chi connectivity index (χ1v) is 9.81. The summed E-state index contributed by atoms with van der Waals surface area (Å²) in [4.78, 5) is -2.13. The van der Waals surface area contributed by atoms with Crippen LogP contribution in [0.5, 0.6) is 0 Å². The SMILES string of the molecule is ClC1(Cl)C(Cl)(Cl)C(Cl)(Cl)C(Cl)(c2[c]cccc2)C(Cl)(Cl)C1(Cl)Cl. The summed E-state index contributed by atoms with van der Waals surface area (Å²) >= 11 is 69.6. The molecule has 23 heavy (non-hydrogen) atoms. The van der Waals surface area contributed by atoms with E-state index in [0.29, 0.717) is 0 Å². The van der Waals surface area contributed by atoms with E-state index in [0.717, 1.165) is 0 Å². The molecule has 0 N–H and O–H groups in total. The van der Waals surface area contributed by atoms with Gasteiger partial charge in [0.2, 0.25) is 0 Å². The van der Waals surface area contributed by atoms with Crippen LogP contribution in [0.4, 0.5) is 0 Å². The van der Waals surface area contributed by atoms with Gasteiger partial charge in [0, 0.05) is 0 Å². The Bertz CT molecular complexity index is 575. The van der Waals surface area contributed by atoms with E-state index in [2.05, 4.69) is 6.07 Å². The normalized spacial score (nSPS) is 29.0. The number of halogens is 11. The van der Waals surface area contributed by atoms with Crippen LogP contribution in [-0.4, -0.2) is 21.7 Å². The molecule has 0 nitrogen and oxygen atoms in total. The standard InChI is InChI=1S/C12H4Cl11/c13-7(6-4-2-1-3-5-6)8(14,15)10(18,19)12(22,23)11(20,21)9(7,16)17/h1-4H. The predicted molar refractivity (Wildman–Crippen MR) is 105 cm³/mol. The lowest BCUT2D eigenvalue weighted by Crippen LogP contribution is -2.78. The lowest BCUT2D eigenvalue weighted by Gasteiger charge is -2.63. The summed E-state index contributed by atoms with van der Waals surface area (Å²) in [7, 11) is 0. The van der Waals surface area contributed by atoms with Gasteiger partial charge in [0.1, 0.15) is 4.87 Å². The van der Waals surface area contributed by atoms with E-state index >= 15 is 0 Å². The van der Waals surface area contributed by atoms with Crippen LogP contribution in [0.1, 0.15) is 5.56 Å². The average molecular weight is 538 g/mol. The third-order valence-electron chi connectivity index (χ3n) is 3.52. The van der Waals surface area contributed by atoms with Crippen molar-refractivity contribution in [2.24, 2.45) is 0 Å². The van der Waals surface area contributed by atoms with Crippen molar-refractivity contribution in [3.05, 3.63) is 35.9 Å². The maximum absolute atomic E-state index is 6.67. The molecule has 1 fully saturated rings. The largest absolute Gasteiger partial charge is 0.189 e. The molecule has 1 aliphatic carbocycles. The van der Waals surface area contributed by atoms with Crippen molar-refractivity contribution < 1.29 is 0 Å². The van der Waals surface area contributed by atoms with Gasteiger partial charge in [-0.3, -0.25) is 0 Å². The zero-order valence-electron chi connectivity index (χ0n) is 10.5. The van der Waals surface area contributed by atoms with Gasteiger partial charge in [0.15, 0.2) is 21.7 Å². The Kier molecular flexibility index (Phi) is 5.86. The van der Waals surface area contributed by atoms with Gasteiger partial charge < -0.3 is 0 Å². The third kappa shape index (κ3) is 2.47. The van der Waals surface area contributed by atoms with Crippen molar-refractivity contribution in [1.82, 2.24) is 0 Å². The molecule has 1 aromatic rings. The van der Waals surface area contributed by atoms with E-state index in [1.807, 2.05) is 0 Å². The van der Waals surface area contributed by atoms with E-state index < -0.39 is 26.5 Å². The van der Waals surface area contributed by atoms with Gasteiger partial charge in [-0.25, -0.2) is 0 Å². The Balaban J connectivity index is 2.91. The predicted octanol–water partition coefficient (Wildman–Crippen LogP) is 7.80. The Hall–Kier alpha value is 2.41. The highest BCUT2D eigenvalue weighted by Gasteiger charge is 2.88. The minimum Gasteiger partial charge on any atom is -0.107 e. The summed E-state index contributed by atoms with van der Waals surface area (Å²) in [5, 5.41) is 0. The molecular formula is C12H4Cl11. The molecule has 1 saturated carbocycles. The highest BCUT2D eigenvalue weighted by atomic mass is 35.6. The Labute approximate surface area is 188 Å². The van der Waals surface area contributed by atoms with Crippen LogP contribution in [0.25, 0.3) is 0 Å². The second kappa shape index (κ2) is 6.21. The Morgan fingerprint density at radius 3 is 1.30 bits per heavy atom. The second-order valence-corrected chi connectivity index (χ2v) is 12.0. The van der Waals surface area contributed by atoms with Gasteiger partial charge in [-0.15, -0.1) is 11.6 Å². The van der Waals surface area contributed by atoms with E-state index in [1.165, 1.54) is 12.1 Å². The molecule has 0 saturated heterocycles. The summed E-state index contributed by atoms with van der Waals surface area (Å²) in [6.45, 7) is 0. The van der Waals surface area contributed by atoms with Crippen LogP contribution in [0, 0.1) is 6.07 Å². The average Bonchev–Trinajstić information content (AvgIpc) is 2.45. The third-order valence-corrected chi connectivity index (χ3v) is 11.9. The summed E-state index contributed by atoms with van der Waals surface area (Å²) in [5.41, 5.74) is 0.136. The van der Waals surface area contributed by atoms with Crippen LogP contribution in [0.15, 0.2) is 24.3 Å². The molecule has 11 heteroatoms. The molecule has 0 amide bonds. The van der Waals surface area contributed by atoms with Crippen LogP contribution in [0.2, 0.25) is 0 Å². The van der Waals surface area contributed by atoms with Gasteiger partial charge in [0.05, 0.1) is 0 Å². The zero-order chi connectivity index (χ0) is 18.1. The molecule has 1 radical (unpaired) electrons. The summed E-state index contributed by atoms with van der Waals surface area (Å²) in [6.07, 6.45) is 0. The van der Waals surface area contributed by atoms with Gasteiger partial charge >= 0.3 is 0 Å². The van der Waals surface area contributed by atoms with Crippen molar-refractivity contribution in [2.45, 2.75) is 26.5 Å². The number of benzene rings is 1. The van der Waals surface area contributed by atoms with Gasteiger partial charge in [0.25, 0.3) is 0 Å². The van der Waals surface area contributed by atoms with Gasteiger partial charge in [-0.1, -0.05) is 140 Å². The zero-order valence-corrected chi connectivity index (χ0v) is 18.8. The monoisotopic (exact) mass is 533 g/mol. The first-order chi connectivity index (χ1) is 10.1. The van der Waals surface area contributed by atoms with Crippen molar-refractivity contribution in [1.29, 1.82) is 0 Å². The molecule has 1 aromatic carbocycles. The second-order valence-electron chi connectivity index (χ2n) is 4.81. The molecular weight excluding hydrogens is 534 g/mol. The molecule has 2 rings (SSSR count). The Morgan fingerprint density at radius 1 is 0.565 bits per heavy atom. The lowest BCUT2D eigenvalue weighted by molar-refractivity contribution is 0.304. The highest BCUT2D eigenvalue weighted by molar-refractivity contribution is 6.80. The lowest BCUT2D eigenvalue weighted by atomic mass is 9.79. The quantitative estimate of drug-likeness (QED) is 0.320. The Morgan fingerprint density at radius 2 is 0.957 bits per heavy atom. The van der Waals surface area contributed by atoms with Crippen molar-refractivity contribution >= 4 is 128 Å². The van der Waals surface area contributed by atoms with E-state index in [-0.39, 0.29) is 5.56 Å². The summed E-state index contributed by atoms with van der Waals surface area (Å²) in [5.74, 6) is 0. The minimum absolute atomic E-state index is 0.136. The molecule has 1 aliphatic rings. The fourth-order valence-electron chi connectivity index (χ4n) is 2.17. The number of alkyl halides is 11. The summed E-state index contributed by atoms with van der Waals surface area (Å²) < 4.78 is -11.8. The maximum atomic E-state index is 6.67. The minimum atomic E-state index is -2.40. The van der Waals surface area contributed by atoms with Crippen LogP contribution in [-0.2, 0) is 4.87 Å². The van der Waals surface area contributed by atoms with Crippen molar-refractivity contribution in [2.75, 3.05) is 0 Å². The number of rotatable bonds is 1. The molecule has 129 valence electrons. The highest BCUT2D eigenvalue weighted by Crippen LogP contribution is 2.79. The molecule has 0 heterocycles. The van der Waals surface area contributed by atoms with Crippen molar-refractivity contribution in [3.63, 3.8) is 0 Å².